The fourth-order valence-electron chi connectivity index (χ4n) is 4.59. The Bertz CT molecular complexity index is 1010. The van der Waals surface area contributed by atoms with Crippen LogP contribution in [0.25, 0.3) is 0 Å². The van der Waals surface area contributed by atoms with Gasteiger partial charge in [0, 0.05) is 37.4 Å². The molecule has 2 aromatic rings. The summed E-state index contributed by atoms with van der Waals surface area (Å²) in [5.41, 5.74) is 4.49. The fourth-order valence-corrected chi connectivity index (χ4v) is 4.59. The molecule has 0 radical (unpaired) electrons. The largest absolute Gasteiger partial charge is 0.389 e. The topological polar surface area (TPSA) is 87.2 Å². The minimum atomic E-state index is -0.612. The number of ether oxygens (including phenoxy) is 4. The predicted molar refractivity (Wildman–Crippen MR) is 153 cm³/mol. The van der Waals surface area contributed by atoms with Gasteiger partial charge in [0.1, 0.15) is 6.23 Å². The van der Waals surface area contributed by atoms with E-state index >= 15 is 0 Å². The molecule has 4 rings (SSSR count). The summed E-state index contributed by atoms with van der Waals surface area (Å²) in [6.45, 7) is 11.8. The lowest BCUT2D eigenvalue weighted by Gasteiger charge is -2.40. The van der Waals surface area contributed by atoms with E-state index in [0.717, 1.165) is 44.0 Å². The number of aliphatic hydroxyl groups excluding tert-OH is 2. The van der Waals surface area contributed by atoms with Crippen LogP contribution in [0.4, 0.5) is 11.4 Å². The Morgan fingerprint density at radius 1 is 0.846 bits per heavy atom. The molecule has 2 aliphatic rings. The minimum absolute atomic E-state index is 0.0199. The van der Waals surface area contributed by atoms with Gasteiger partial charge in [-0.25, -0.2) is 0 Å². The number of hydrogen-bond acceptors (Lipinski definition) is 8. The lowest BCUT2D eigenvalue weighted by atomic mass is 10.0. The molecule has 0 bridgehead atoms. The average Bonchev–Trinajstić information content (AvgIpc) is 3.72. The summed E-state index contributed by atoms with van der Waals surface area (Å²) in [5.74, 6) is 0. The monoisotopic (exact) mass is 538 g/mol. The third-order valence-electron chi connectivity index (χ3n) is 6.76. The molecule has 0 aromatic heterocycles. The molecule has 4 unspecified atom stereocenters. The van der Waals surface area contributed by atoms with Crippen LogP contribution in [0.2, 0.25) is 0 Å². The van der Waals surface area contributed by atoms with E-state index in [1.165, 1.54) is 11.1 Å². The molecule has 2 aliphatic heterocycles. The summed E-state index contributed by atoms with van der Waals surface area (Å²) in [7, 11) is 0. The number of epoxide rings is 1. The first kappa shape index (κ1) is 29.3. The Morgan fingerprint density at radius 2 is 1.38 bits per heavy atom. The number of benzene rings is 2. The number of nitrogens with zero attached hydrogens (tertiary/aromatic N) is 2. The highest BCUT2D eigenvalue weighted by atomic mass is 16.6. The predicted octanol–water partition coefficient (Wildman–Crippen LogP) is 3.16. The lowest BCUT2D eigenvalue weighted by Crippen LogP contribution is -2.48. The van der Waals surface area contributed by atoms with Gasteiger partial charge in [-0.05, 0) is 41.8 Å². The summed E-state index contributed by atoms with van der Waals surface area (Å²) < 4.78 is 22.0. The van der Waals surface area contributed by atoms with E-state index in [4.69, 9.17) is 18.9 Å². The van der Waals surface area contributed by atoms with Gasteiger partial charge >= 0.3 is 0 Å². The second-order valence-electron chi connectivity index (χ2n) is 10.1. The molecule has 2 aromatic carbocycles. The summed E-state index contributed by atoms with van der Waals surface area (Å²) >= 11 is 0. The van der Waals surface area contributed by atoms with Crippen LogP contribution in [-0.4, -0.2) is 94.0 Å². The second-order valence-corrected chi connectivity index (χ2v) is 10.1. The maximum absolute atomic E-state index is 10.4. The third-order valence-corrected chi connectivity index (χ3v) is 6.76. The molecule has 2 saturated heterocycles. The summed E-state index contributed by atoms with van der Waals surface area (Å²) in [4.78, 5) is 4.27. The zero-order valence-electron chi connectivity index (χ0n) is 22.7. The van der Waals surface area contributed by atoms with Crippen molar-refractivity contribution in [2.75, 3.05) is 69.1 Å². The van der Waals surface area contributed by atoms with Crippen LogP contribution in [0.15, 0.2) is 73.8 Å². The first-order chi connectivity index (χ1) is 19.1. The minimum Gasteiger partial charge on any atom is -0.389 e. The molecule has 0 spiro atoms. The highest BCUT2D eigenvalue weighted by molar-refractivity contribution is 5.51. The van der Waals surface area contributed by atoms with Crippen LogP contribution in [0, 0.1) is 0 Å². The molecule has 0 amide bonds. The van der Waals surface area contributed by atoms with Crippen molar-refractivity contribution in [3.63, 3.8) is 0 Å². The van der Waals surface area contributed by atoms with Gasteiger partial charge in [0.15, 0.2) is 0 Å². The molecule has 0 saturated carbocycles. The molecular weight excluding hydrogens is 496 g/mol. The first-order valence-corrected chi connectivity index (χ1v) is 13.7. The fraction of sp³-hybridized carbons (Fsp3) is 0.484. The number of hydrogen-bond donors (Lipinski definition) is 2. The molecule has 8 heteroatoms. The van der Waals surface area contributed by atoms with Crippen molar-refractivity contribution in [2.24, 2.45) is 0 Å². The van der Waals surface area contributed by atoms with Gasteiger partial charge in [-0.2, -0.15) is 0 Å². The van der Waals surface area contributed by atoms with E-state index in [2.05, 4.69) is 71.5 Å². The number of rotatable bonds is 19. The zero-order valence-corrected chi connectivity index (χ0v) is 22.7. The van der Waals surface area contributed by atoms with E-state index in [1.54, 1.807) is 12.2 Å². The van der Waals surface area contributed by atoms with Crippen molar-refractivity contribution in [3.05, 3.63) is 85.0 Å². The Balaban J connectivity index is 1.34. The van der Waals surface area contributed by atoms with Crippen molar-refractivity contribution < 1.29 is 29.2 Å². The van der Waals surface area contributed by atoms with Crippen LogP contribution in [0.1, 0.15) is 17.5 Å². The second kappa shape index (κ2) is 15.2. The molecule has 212 valence electrons. The van der Waals surface area contributed by atoms with Crippen LogP contribution < -0.4 is 9.80 Å². The van der Waals surface area contributed by atoms with Crippen molar-refractivity contribution in [1.29, 1.82) is 0 Å². The number of anilines is 2. The smallest absolute Gasteiger partial charge is 0.132 e. The molecule has 8 nitrogen and oxygen atoms in total. The van der Waals surface area contributed by atoms with E-state index in [1.807, 2.05) is 0 Å². The lowest BCUT2D eigenvalue weighted by molar-refractivity contribution is -0.0571. The van der Waals surface area contributed by atoms with E-state index in [9.17, 15) is 10.2 Å². The van der Waals surface area contributed by atoms with Crippen molar-refractivity contribution in [3.8, 4) is 0 Å². The summed E-state index contributed by atoms with van der Waals surface area (Å²) in [6, 6.07) is 16.9. The normalized spacial score (nSPS) is 19.5. The highest BCUT2D eigenvalue weighted by Gasteiger charge is 2.28. The van der Waals surface area contributed by atoms with E-state index in [-0.39, 0.29) is 25.5 Å². The number of aliphatic hydroxyl groups is 2. The molecule has 2 heterocycles. The first-order valence-electron chi connectivity index (χ1n) is 13.7. The van der Waals surface area contributed by atoms with Crippen molar-refractivity contribution in [1.82, 2.24) is 0 Å². The maximum Gasteiger partial charge on any atom is 0.132 e. The average molecular weight is 539 g/mol. The van der Waals surface area contributed by atoms with E-state index < -0.39 is 12.2 Å². The SMILES string of the molecule is C=CCOCC(O)CN(CC1CO1)c1ccc(Cc2ccc(N(CC(O)COCC=C)C3CCO3)cc2)cc1. The molecule has 2 N–H and O–H groups in total. The van der Waals surface area contributed by atoms with Gasteiger partial charge < -0.3 is 39.0 Å². The van der Waals surface area contributed by atoms with Gasteiger partial charge in [0.2, 0.25) is 0 Å². The van der Waals surface area contributed by atoms with Gasteiger partial charge in [-0.3, -0.25) is 0 Å². The van der Waals surface area contributed by atoms with Crippen LogP contribution in [0.5, 0.6) is 0 Å². The summed E-state index contributed by atoms with van der Waals surface area (Å²) in [5, 5.41) is 20.9. The van der Waals surface area contributed by atoms with Crippen LogP contribution >= 0.6 is 0 Å². The van der Waals surface area contributed by atoms with Crippen molar-refractivity contribution in [2.45, 2.75) is 37.4 Å². The van der Waals surface area contributed by atoms with Gasteiger partial charge in [-0.15, -0.1) is 13.2 Å². The molecule has 0 aliphatic carbocycles. The molecule has 4 atom stereocenters. The van der Waals surface area contributed by atoms with E-state index in [0.29, 0.717) is 26.3 Å². The van der Waals surface area contributed by atoms with Gasteiger partial charge in [0.25, 0.3) is 0 Å². The highest BCUT2D eigenvalue weighted by Crippen LogP contribution is 2.26. The Morgan fingerprint density at radius 3 is 1.87 bits per heavy atom. The summed E-state index contributed by atoms with van der Waals surface area (Å²) in [6.07, 6.45) is 4.10. The molecule has 2 fully saturated rings. The maximum atomic E-state index is 10.4. The van der Waals surface area contributed by atoms with Gasteiger partial charge in [0.05, 0.1) is 58.0 Å². The Labute approximate surface area is 232 Å². The standard InChI is InChI=1S/C31H42N2O6/c1-3-14-36-21-28(34)18-32(20-30-23-39-30)26-9-5-24(6-10-26)17-25-7-11-27(12-8-25)33(31-13-16-38-31)19-29(35)22-37-15-4-2/h3-12,28-31,34-35H,1-2,13-23H2. The van der Waals surface area contributed by atoms with Crippen LogP contribution in [0.3, 0.4) is 0 Å². The van der Waals surface area contributed by atoms with Crippen LogP contribution in [-0.2, 0) is 25.4 Å². The Kier molecular flexibility index (Phi) is 11.4. The van der Waals surface area contributed by atoms with Crippen molar-refractivity contribution >= 4 is 11.4 Å². The third kappa shape index (κ3) is 9.46. The Hall–Kier alpha value is -2.72. The quantitative estimate of drug-likeness (QED) is 0.160. The van der Waals surface area contributed by atoms with Gasteiger partial charge in [-0.1, -0.05) is 36.4 Å². The molecular formula is C31H42N2O6. The molecule has 39 heavy (non-hydrogen) atoms. The zero-order chi connectivity index (χ0) is 27.5.